The normalized spacial score (nSPS) is 12.1. The topological polar surface area (TPSA) is 34.1 Å². The Morgan fingerprint density at radius 2 is 1.90 bits per heavy atom. The SMILES string of the molecule is CCCCOc1ccc(C(NC)c2cncc(C)c2)cc1. The zero-order chi connectivity index (χ0) is 15.1. The Morgan fingerprint density at radius 3 is 2.52 bits per heavy atom. The number of ether oxygens (including phenoxy) is 1. The van der Waals surface area contributed by atoms with E-state index in [0.29, 0.717) is 0 Å². The fourth-order valence-electron chi connectivity index (χ4n) is 2.35. The Bertz CT molecular complexity index is 551. The summed E-state index contributed by atoms with van der Waals surface area (Å²) in [6.07, 6.45) is 6.04. The van der Waals surface area contributed by atoms with E-state index in [0.717, 1.165) is 25.2 Å². The highest BCUT2D eigenvalue weighted by Crippen LogP contribution is 2.24. The van der Waals surface area contributed by atoms with Crippen molar-refractivity contribution in [2.45, 2.75) is 32.7 Å². The van der Waals surface area contributed by atoms with E-state index in [1.54, 1.807) is 0 Å². The minimum Gasteiger partial charge on any atom is -0.494 e. The van der Waals surface area contributed by atoms with Gasteiger partial charge in [-0.2, -0.15) is 0 Å². The zero-order valence-electron chi connectivity index (χ0n) is 13.1. The highest BCUT2D eigenvalue weighted by molar-refractivity contribution is 5.35. The van der Waals surface area contributed by atoms with Gasteiger partial charge in [0.25, 0.3) is 0 Å². The molecule has 1 unspecified atom stereocenters. The van der Waals surface area contributed by atoms with Gasteiger partial charge in [0.05, 0.1) is 12.6 Å². The van der Waals surface area contributed by atoms with Crippen molar-refractivity contribution >= 4 is 0 Å². The third-order valence-corrected chi connectivity index (χ3v) is 3.50. The van der Waals surface area contributed by atoms with Crippen LogP contribution in [0.25, 0.3) is 0 Å². The molecule has 3 nitrogen and oxygen atoms in total. The van der Waals surface area contributed by atoms with Crippen LogP contribution in [0.15, 0.2) is 42.7 Å². The van der Waals surface area contributed by atoms with E-state index in [-0.39, 0.29) is 6.04 Å². The minimum atomic E-state index is 0.155. The van der Waals surface area contributed by atoms with Gasteiger partial charge in [-0.1, -0.05) is 31.5 Å². The second-order valence-corrected chi connectivity index (χ2v) is 5.29. The van der Waals surface area contributed by atoms with Crippen molar-refractivity contribution in [1.29, 1.82) is 0 Å². The summed E-state index contributed by atoms with van der Waals surface area (Å²) in [5, 5.41) is 3.35. The van der Waals surface area contributed by atoms with E-state index in [9.17, 15) is 0 Å². The highest BCUT2D eigenvalue weighted by Gasteiger charge is 2.12. The lowest BCUT2D eigenvalue weighted by atomic mass is 9.99. The first-order valence-corrected chi connectivity index (χ1v) is 7.56. The molecule has 3 heteroatoms. The van der Waals surface area contributed by atoms with Gasteiger partial charge in [0, 0.05) is 12.4 Å². The van der Waals surface area contributed by atoms with E-state index in [4.69, 9.17) is 4.74 Å². The third kappa shape index (κ3) is 4.30. The largest absolute Gasteiger partial charge is 0.494 e. The van der Waals surface area contributed by atoms with Gasteiger partial charge in [-0.3, -0.25) is 4.98 Å². The number of aryl methyl sites for hydroxylation is 1. The molecule has 0 bridgehead atoms. The highest BCUT2D eigenvalue weighted by atomic mass is 16.5. The van der Waals surface area contributed by atoms with E-state index in [1.165, 1.54) is 16.7 Å². The Labute approximate surface area is 127 Å². The van der Waals surface area contributed by atoms with Crippen LogP contribution in [0, 0.1) is 6.92 Å². The average Bonchev–Trinajstić information content (AvgIpc) is 2.50. The molecule has 0 amide bonds. The van der Waals surface area contributed by atoms with E-state index >= 15 is 0 Å². The first-order chi connectivity index (χ1) is 10.2. The summed E-state index contributed by atoms with van der Waals surface area (Å²) >= 11 is 0. The summed E-state index contributed by atoms with van der Waals surface area (Å²) in [6, 6.07) is 10.6. The van der Waals surface area contributed by atoms with Crippen molar-refractivity contribution < 1.29 is 4.74 Å². The molecule has 1 heterocycles. The molecule has 1 atom stereocenters. The van der Waals surface area contributed by atoms with Gasteiger partial charge in [0.2, 0.25) is 0 Å². The van der Waals surface area contributed by atoms with Crippen molar-refractivity contribution in [3.63, 3.8) is 0 Å². The van der Waals surface area contributed by atoms with Crippen LogP contribution in [0.2, 0.25) is 0 Å². The van der Waals surface area contributed by atoms with Crippen LogP contribution >= 0.6 is 0 Å². The minimum absolute atomic E-state index is 0.155. The number of aromatic nitrogens is 1. The molecule has 2 rings (SSSR count). The first kappa shape index (κ1) is 15.5. The van der Waals surface area contributed by atoms with Gasteiger partial charge in [0.1, 0.15) is 5.75 Å². The molecule has 1 N–H and O–H groups in total. The fraction of sp³-hybridized carbons (Fsp3) is 0.389. The molecule has 1 aromatic heterocycles. The zero-order valence-corrected chi connectivity index (χ0v) is 13.1. The maximum absolute atomic E-state index is 5.71. The van der Waals surface area contributed by atoms with Gasteiger partial charge in [0.15, 0.2) is 0 Å². The molecule has 1 aromatic carbocycles. The van der Waals surface area contributed by atoms with Gasteiger partial charge in [-0.05, 0) is 49.2 Å². The molecule has 112 valence electrons. The molecule has 0 saturated carbocycles. The average molecular weight is 284 g/mol. The van der Waals surface area contributed by atoms with Crippen molar-refractivity contribution in [1.82, 2.24) is 10.3 Å². The van der Waals surface area contributed by atoms with Crippen LogP contribution in [-0.4, -0.2) is 18.6 Å². The van der Waals surface area contributed by atoms with E-state index in [2.05, 4.69) is 42.3 Å². The van der Waals surface area contributed by atoms with Crippen molar-refractivity contribution in [3.05, 3.63) is 59.4 Å². The third-order valence-electron chi connectivity index (χ3n) is 3.50. The molecule has 0 radical (unpaired) electrons. The molecular weight excluding hydrogens is 260 g/mol. The second-order valence-electron chi connectivity index (χ2n) is 5.29. The lowest BCUT2D eigenvalue weighted by Gasteiger charge is -2.17. The Hall–Kier alpha value is -1.87. The summed E-state index contributed by atoms with van der Waals surface area (Å²) in [4.78, 5) is 4.28. The first-order valence-electron chi connectivity index (χ1n) is 7.56. The van der Waals surface area contributed by atoms with E-state index in [1.807, 2.05) is 31.6 Å². The predicted molar refractivity (Wildman–Crippen MR) is 86.7 cm³/mol. The van der Waals surface area contributed by atoms with E-state index < -0.39 is 0 Å². The van der Waals surface area contributed by atoms with Crippen LogP contribution < -0.4 is 10.1 Å². The van der Waals surface area contributed by atoms with Crippen LogP contribution in [0.4, 0.5) is 0 Å². The van der Waals surface area contributed by atoms with Crippen molar-refractivity contribution in [2.75, 3.05) is 13.7 Å². The number of hydrogen-bond acceptors (Lipinski definition) is 3. The maximum atomic E-state index is 5.71. The summed E-state index contributed by atoms with van der Waals surface area (Å²) in [6.45, 7) is 5.01. The molecule has 21 heavy (non-hydrogen) atoms. The van der Waals surface area contributed by atoms with Crippen molar-refractivity contribution in [2.24, 2.45) is 0 Å². The summed E-state index contributed by atoms with van der Waals surface area (Å²) < 4.78 is 5.71. The second kappa shape index (κ2) is 7.79. The Balaban J connectivity index is 2.12. The molecule has 0 spiro atoms. The number of nitrogens with zero attached hydrogens (tertiary/aromatic N) is 1. The number of unbranched alkanes of at least 4 members (excludes halogenated alkanes) is 1. The molecule has 0 aliphatic rings. The predicted octanol–water partition coefficient (Wildman–Crippen LogP) is 3.88. The lowest BCUT2D eigenvalue weighted by molar-refractivity contribution is 0.309. The number of rotatable bonds is 7. The summed E-state index contributed by atoms with van der Waals surface area (Å²) in [5.41, 5.74) is 3.57. The number of hydrogen-bond donors (Lipinski definition) is 1. The van der Waals surface area contributed by atoms with Gasteiger partial charge in [-0.25, -0.2) is 0 Å². The van der Waals surface area contributed by atoms with Gasteiger partial charge < -0.3 is 10.1 Å². The van der Waals surface area contributed by atoms with Crippen LogP contribution in [0.3, 0.4) is 0 Å². The van der Waals surface area contributed by atoms with Gasteiger partial charge in [-0.15, -0.1) is 0 Å². The number of pyridine rings is 1. The molecule has 0 fully saturated rings. The monoisotopic (exact) mass is 284 g/mol. The molecule has 0 saturated heterocycles. The van der Waals surface area contributed by atoms with Crippen molar-refractivity contribution in [3.8, 4) is 5.75 Å². The summed E-state index contributed by atoms with van der Waals surface area (Å²) in [5.74, 6) is 0.935. The van der Waals surface area contributed by atoms with Crippen LogP contribution in [0.5, 0.6) is 5.75 Å². The molecule has 2 aromatic rings. The lowest BCUT2D eigenvalue weighted by Crippen LogP contribution is -2.17. The van der Waals surface area contributed by atoms with Crippen LogP contribution in [0.1, 0.15) is 42.5 Å². The standard InChI is InChI=1S/C18H24N2O/c1-4-5-10-21-17-8-6-15(7-9-17)18(19-3)16-11-14(2)12-20-13-16/h6-9,11-13,18-19H,4-5,10H2,1-3H3. The molecule has 0 aliphatic carbocycles. The molecular formula is C18H24N2O. The number of nitrogens with one attached hydrogen (secondary N) is 1. The Morgan fingerprint density at radius 1 is 1.14 bits per heavy atom. The number of benzene rings is 1. The molecule has 0 aliphatic heterocycles. The van der Waals surface area contributed by atoms with Crippen LogP contribution in [-0.2, 0) is 0 Å². The maximum Gasteiger partial charge on any atom is 0.119 e. The smallest absolute Gasteiger partial charge is 0.119 e. The Kier molecular flexibility index (Phi) is 5.76. The van der Waals surface area contributed by atoms with Gasteiger partial charge >= 0.3 is 0 Å². The quantitative estimate of drug-likeness (QED) is 0.784. The summed E-state index contributed by atoms with van der Waals surface area (Å²) in [7, 11) is 1.97. The fourth-order valence-corrected chi connectivity index (χ4v) is 2.35.